The number of allylic oxidation sites excluding steroid dienone is 5. The molecule has 2 heteroatoms. The summed E-state index contributed by atoms with van der Waals surface area (Å²) in [6.07, 6.45) is 19.2. The molecule has 0 N–H and O–H groups in total. The quantitative estimate of drug-likeness (QED) is 0.174. The molecule has 238 valence electrons. The van der Waals surface area contributed by atoms with E-state index < -0.39 is 0 Å². The van der Waals surface area contributed by atoms with E-state index in [9.17, 15) is 0 Å². The zero-order valence-electron chi connectivity index (χ0n) is 28.0. The minimum atomic E-state index is 0. The van der Waals surface area contributed by atoms with Gasteiger partial charge in [0.2, 0.25) is 0 Å². The van der Waals surface area contributed by atoms with Crippen LogP contribution in [0.25, 0.3) is 0 Å². The van der Waals surface area contributed by atoms with Gasteiger partial charge < -0.3 is 0 Å². The summed E-state index contributed by atoms with van der Waals surface area (Å²) < 4.78 is 0.592. The van der Waals surface area contributed by atoms with Crippen LogP contribution in [0, 0.1) is 12.3 Å². The van der Waals surface area contributed by atoms with Crippen molar-refractivity contribution in [3.8, 4) is 0 Å². The maximum atomic E-state index is 4.10. The molecule has 2 aliphatic carbocycles. The second kappa shape index (κ2) is 21.9. The molecule has 2 aromatic rings. The first kappa shape index (κ1) is 40.4. The summed E-state index contributed by atoms with van der Waals surface area (Å²) in [5, 5.41) is 0. The fraction of sp³-hybridized carbons (Fsp3) is 0.550. The average Bonchev–Trinajstić information content (AvgIpc) is 3.66. The fourth-order valence-electron chi connectivity index (χ4n) is 5.59. The summed E-state index contributed by atoms with van der Waals surface area (Å²) in [5.74, 6) is 0. The molecule has 0 bridgehead atoms. The molecule has 1 saturated carbocycles. The van der Waals surface area contributed by atoms with Gasteiger partial charge >= 0.3 is 105 Å². The minimum absolute atomic E-state index is 0. The predicted molar refractivity (Wildman–Crippen MR) is 189 cm³/mol. The van der Waals surface area contributed by atoms with E-state index in [4.69, 9.17) is 0 Å². The smallest absolute Gasteiger partial charge is 0.00258 e. The van der Waals surface area contributed by atoms with Gasteiger partial charge in [-0.25, -0.2) is 0 Å². The first-order valence-corrected chi connectivity index (χ1v) is 19.3. The Labute approximate surface area is 273 Å². The Bertz CT molecular complexity index is 1020. The summed E-state index contributed by atoms with van der Waals surface area (Å²) in [7, 11) is 2.26. The van der Waals surface area contributed by atoms with Crippen LogP contribution in [0.3, 0.4) is 0 Å². The molecule has 1 heterocycles. The van der Waals surface area contributed by atoms with Crippen LogP contribution in [0.2, 0.25) is 0 Å². The molecule has 5 rings (SSSR count). The second-order valence-corrected chi connectivity index (χ2v) is 14.6. The first-order valence-electron chi connectivity index (χ1n) is 16.1. The molecule has 1 spiro atoms. The van der Waals surface area contributed by atoms with Gasteiger partial charge in [0.15, 0.2) is 0 Å². The second-order valence-electron chi connectivity index (χ2n) is 11.4. The van der Waals surface area contributed by atoms with Gasteiger partial charge in [-0.15, -0.1) is 0 Å². The van der Waals surface area contributed by atoms with Gasteiger partial charge in [0, 0.05) is 0 Å². The van der Waals surface area contributed by atoms with Crippen molar-refractivity contribution in [1.29, 1.82) is 0 Å². The van der Waals surface area contributed by atoms with Crippen LogP contribution < -0.4 is 21.2 Å². The van der Waals surface area contributed by atoms with E-state index in [0.717, 1.165) is 12.8 Å². The number of rotatable bonds is 5. The Morgan fingerprint density at radius 3 is 1.74 bits per heavy atom. The topological polar surface area (TPSA) is 3.24 Å². The summed E-state index contributed by atoms with van der Waals surface area (Å²) >= 11 is 0.321. The molecule has 2 aromatic carbocycles. The zero-order chi connectivity index (χ0) is 30.7. The average molecular weight is 687 g/mol. The predicted octanol–water partition coefficient (Wildman–Crippen LogP) is 8.26. The normalized spacial score (nSPS) is 19.8. The molecule has 0 radical (unpaired) electrons. The Morgan fingerprint density at radius 1 is 0.833 bits per heavy atom. The zero-order valence-corrected chi connectivity index (χ0v) is 30.2. The molecule has 2 fully saturated rings. The molecule has 3 aliphatic rings. The Balaban J connectivity index is 0.000000600. The fourth-order valence-corrected chi connectivity index (χ4v) is 8.03. The van der Waals surface area contributed by atoms with Crippen molar-refractivity contribution in [3.63, 3.8) is 0 Å². The maximum absolute atomic E-state index is 4.10. The van der Waals surface area contributed by atoms with E-state index in [2.05, 4.69) is 117 Å². The molecular weight excluding hydrogens is 621 g/mol. The molecular formula is C40H65IN-. The minimum Gasteiger partial charge on any atom is -0.0805 e. The molecule has 0 amide bonds. The van der Waals surface area contributed by atoms with Crippen LogP contribution in [-0.2, 0) is 12.8 Å². The van der Waals surface area contributed by atoms with E-state index in [-0.39, 0.29) is 7.43 Å². The SMILES string of the molecule is C.C=CC1([I-]C)CCC2(CCN(C)CC2)C1.CC.CC.CC1=CC=CC1.CCc1ccc(Cc2ccc(C)cc2)cc1. The third-order valence-electron chi connectivity index (χ3n) is 8.45. The molecule has 1 nitrogen and oxygen atoms in total. The number of nitrogens with zero attached hydrogens (tertiary/aromatic N) is 1. The summed E-state index contributed by atoms with van der Waals surface area (Å²) in [4.78, 5) is 4.93. The van der Waals surface area contributed by atoms with E-state index in [1.165, 1.54) is 79.4 Å². The van der Waals surface area contributed by atoms with Crippen LogP contribution in [0.1, 0.15) is 110 Å². The number of likely N-dealkylation sites (tertiary alicyclic amines) is 1. The van der Waals surface area contributed by atoms with Crippen LogP contribution >= 0.6 is 0 Å². The summed E-state index contributed by atoms with van der Waals surface area (Å²) in [6.45, 7) is 21.2. The van der Waals surface area contributed by atoms with Gasteiger partial charge in [0.25, 0.3) is 0 Å². The number of hydrogen-bond donors (Lipinski definition) is 0. The van der Waals surface area contributed by atoms with Crippen LogP contribution in [0.4, 0.5) is 0 Å². The van der Waals surface area contributed by atoms with E-state index >= 15 is 0 Å². The molecule has 1 atom stereocenters. The number of hydrogen-bond acceptors (Lipinski definition) is 1. The Hall–Kier alpha value is -1.65. The van der Waals surface area contributed by atoms with Crippen molar-refractivity contribution in [2.45, 2.75) is 111 Å². The molecule has 1 aliphatic heterocycles. The monoisotopic (exact) mass is 686 g/mol. The molecule has 0 aromatic heterocycles. The van der Waals surface area contributed by atoms with Gasteiger partial charge in [-0.05, 0) is 49.8 Å². The Kier molecular flexibility index (Phi) is 21.1. The van der Waals surface area contributed by atoms with E-state index in [1.807, 2.05) is 27.7 Å². The van der Waals surface area contributed by atoms with Gasteiger partial charge in [-0.2, -0.15) is 0 Å². The van der Waals surface area contributed by atoms with Crippen molar-refractivity contribution >= 4 is 0 Å². The standard InChI is InChI=1S/C16H18.C13H23IN.C6H8.2C2H6.CH4/c1-3-14-8-10-16(11-9-14)12-15-6-4-13(2)5-7-15;1-4-13(14-2)6-5-12(11-13)7-9-15(3)10-8-12;1-6-4-2-3-5-6;2*1-2;/h4-11H,3,12H2,1-2H3;4H,1,5-11H2,2-3H3;2-4H,5H2,1H3;2*1-2H3;1H4/q;-1;;;;. The first-order chi connectivity index (χ1) is 19.8. The van der Waals surface area contributed by atoms with Gasteiger partial charge in [0.05, 0.1) is 0 Å². The van der Waals surface area contributed by atoms with Crippen molar-refractivity contribution in [2.24, 2.45) is 5.41 Å². The van der Waals surface area contributed by atoms with Crippen molar-refractivity contribution in [2.75, 3.05) is 25.1 Å². The van der Waals surface area contributed by atoms with Crippen molar-refractivity contribution < 1.29 is 21.2 Å². The largest absolute Gasteiger partial charge is 0.0805 e. The van der Waals surface area contributed by atoms with Gasteiger partial charge in [-0.1, -0.05) is 120 Å². The molecule has 1 unspecified atom stereocenters. The third kappa shape index (κ3) is 13.8. The maximum Gasteiger partial charge on any atom is -0.00258 e. The number of halogens is 1. The van der Waals surface area contributed by atoms with Crippen LogP contribution in [0.5, 0.6) is 0 Å². The summed E-state index contributed by atoms with van der Waals surface area (Å²) in [5.41, 5.74) is 7.68. The van der Waals surface area contributed by atoms with Crippen LogP contribution in [0.15, 0.2) is 85.0 Å². The van der Waals surface area contributed by atoms with Gasteiger partial charge in [-0.3, -0.25) is 0 Å². The number of aryl methyl sites for hydroxylation is 2. The number of piperidine rings is 1. The van der Waals surface area contributed by atoms with E-state index in [1.54, 1.807) is 0 Å². The number of alkyl halides is 2. The van der Waals surface area contributed by atoms with Crippen molar-refractivity contribution in [3.05, 3.63) is 107 Å². The van der Waals surface area contributed by atoms with Crippen LogP contribution in [-0.4, -0.2) is 33.4 Å². The van der Waals surface area contributed by atoms with E-state index in [0.29, 0.717) is 30.0 Å². The molecule has 42 heavy (non-hydrogen) atoms. The summed E-state index contributed by atoms with van der Waals surface area (Å²) in [6, 6.07) is 17.7. The molecule has 1 saturated heterocycles. The number of benzene rings is 2. The third-order valence-corrected chi connectivity index (χ3v) is 12.0. The van der Waals surface area contributed by atoms with Crippen molar-refractivity contribution in [1.82, 2.24) is 4.90 Å². The van der Waals surface area contributed by atoms with Gasteiger partial charge in [0.1, 0.15) is 0 Å². The Morgan fingerprint density at radius 2 is 1.36 bits per heavy atom.